The van der Waals surface area contributed by atoms with Crippen LogP contribution in [0.2, 0.25) is 0 Å². The van der Waals surface area contributed by atoms with Crippen molar-refractivity contribution in [1.82, 2.24) is 4.90 Å². The van der Waals surface area contributed by atoms with Crippen LogP contribution in [0.15, 0.2) is 24.3 Å². The van der Waals surface area contributed by atoms with Gasteiger partial charge in [-0.3, -0.25) is 0 Å². The van der Waals surface area contributed by atoms with Gasteiger partial charge in [-0.05, 0) is 43.5 Å². The number of benzene rings is 1. The van der Waals surface area contributed by atoms with Gasteiger partial charge >= 0.3 is 6.03 Å². The Kier molecular flexibility index (Phi) is 3.29. The van der Waals surface area contributed by atoms with Gasteiger partial charge in [0.05, 0.1) is 0 Å². The van der Waals surface area contributed by atoms with Crippen LogP contribution >= 0.6 is 0 Å². The minimum absolute atomic E-state index is 0.527. The minimum Gasteiger partial charge on any atom is -0.382 e. The van der Waals surface area contributed by atoms with E-state index in [0.29, 0.717) is 6.04 Å². The number of carbonyl (C=O) groups is 1. The molecule has 2 aliphatic rings. The molecule has 2 heterocycles. The first-order valence-electron chi connectivity index (χ1n) is 6.86. The number of urea groups is 1. The van der Waals surface area contributed by atoms with E-state index in [1.165, 1.54) is 32.5 Å². The van der Waals surface area contributed by atoms with E-state index < -0.39 is 6.03 Å². The van der Waals surface area contributed by atoms with Crippen molar-refractivity contribution in [3.05, 3.63) is 24.3 Å². The van der Waals surface area contributed by atoms with E-state index in [1.54, 1.807) is 0 Å². The summed E-state index contributed by atoms with van der Waals surface area (Å²) in [5.74, 6) is 0.751. The summed E-state index contributed by atoms with van der Waals surface area (Å²) in [5, 5.41) is 6.21. The van der Waals surface area contributed by atoms with Crippen molar-refractivity contribution in [2.24, 2.45) is 11.7 Å². The largest absolute Gasteiger partial charge is 0.382 e. The Morgan fingerprint density at radius 1 is 1.26 bits per heavy atom. The lowest BCUT2D eigenvalue weighted by Crippen LogP contribution is -2.39. The van der Waals surface area contributed by atoms with Crippen molar-refractivity contribution in [2.75, 3.05) is 30.3 Å². The van der Waals surface area contributed by atoms with E-state index in [0.717, 1.165) is 17.3 Å². The lowest BCUT2D eigenvalue weighted by molar-refractivity contribution is 0.255. The molecule has 0 aromatic heterocycles. The SMILES string of the molecule is NC(=O)Nc1cccc(NC2CCN3CCC2C3)c1. The van der Waals surface area contributed by atoms with Gasteiger partial charge in [0.15, 0.2) is 0 Å². The fraction of sp³-hybridized carbons (Fsp3) is 0.500. The number of primary amides is 1. The monoisotopic (exact) mass is 260 g/mol. The van der Waals surface area contributed by atoms with Gasteiger partial charge in [0.1, 0.15) is 0 Å². The number of amides is 2. The molecule has 5 heteroatoms. The second kappa shape index (κ2) is 5.09. The van der Waals surface area contributed by atoms with Crippen molar-refractivity contribution in [3.8, 4) is 0 Å². The molecule has 5 nitrogen and oxygen atoms in total. The predicted molar refractivity (Wildman–Crippen MR) is 76.2 cm³/mol. The zero-order valence-corrected chi connectivity index (χ0v) is 10.9. The zero-order chi connectivity index (χ0) is 13.2. The van der Waals surface area contributed by atoms with Crippen molar-refractivity contribution in [3.63, 3.8) is 0 Å². The minimum atomic E-state index is -0.527. The smallest absolute Gasteiger partial charge is 0.316 e. The topological polar surface area (TPSA) is 70.4 Å². The van der Waals surface area contributed by atoms with E-state index in [4.69, 9.17) is 5.73 Å². The summed E-state index contributed by atoms with van der Waals surface area (Å²) in [5.41, 5.74) is 6.92. The maximum atomic E-state index is 10.9. The highest BCUT2D eigenvalue weighted by Crippen LogP contribution is 2.29. The maximum Gasteiger partial charge on any atom is 0.316 e. The molecule has 2 fully saturated rings. The molecule has 3 rings (SSSR count). The van der Waals surface area contributed by atoms with Gasteiger partial charge in [0, 0.05) is 30.5 Å². The van der Waals surface area contributed by atoms with Gasteiger partial charge in [0.2, 0.25) is 0 Å². The Hall–Kier alpha value is -1.75. The molecule has 2 amide bonds. The van der Waals surface area contributed by atoms with Crippen LogP contribution in [0.1, 0.15) is 12.8 Å². The lowest BCUT2D eigenvalue weighted by Gasteiger charge is -2.31. The number of anilines is 2. The van der Waals surface area contributed by atoms with E-state index in [2.05, 4.69) is 15.5 Å². The van der Waals surface area contributed by atoms with Gasteiger partial charge in [0.25, 0.3) is 0 Å². The van der Waals surface area contributed by atoms with Crippen LogP contribution in [0.4, 0.5) is 16.2 Å². The first-order chi connectivity index (χ1) is 9.20. The molecule has 4 N–H and O–H groups in total. The Morgan fingerprint density at radius 3 is 2.89 bits per heavy atom. The Bertz CT molecular complexity index is 476. The van der Waals surface area contributed by atoms with Crippen molar-refractivity contribution in [1.29, 1.82) is 0 Å². The molecule has 0 spiro atoms. The lowest BCUT2D eigenvalue weighted by atomic mass is 9.94. The molecule has 102 valence electrons. The average Bonchev–Trinajstić information content (AvgIpc) is 2.76. The van der Waals surface area contributed by atoms with E-state index in [-0.39, 0.29) is 0 Å². The molecule has 2 saturated heterocycles. The first kappa shape index (κ1) is 12.3. The summed E-state index contributed by atoms with van der Waals surface area (Å²) >= 11 is 0. The first-order valence-corrected chi connectivity index (χ1v) is 6.86. The second-order valence-electron chi connectivity index (χ2n) is 5.46. The van der Waals surface area contributed by atoms with Crippen LogP contribution in [-0.4, -0.2) is 36.6 Å². The standard InChI is InChI=1S/C14H20N4O/c15-14(19)17-12-3-1-2-11(8-12)16-13-5-7-18-6-4-10(13)9-18/h1-3,8,10,13,16H,4-7,9H2,(H3,15,17,19). The quantitative estimate of drug-likeness (QED) is 0.774. The molecule has 2 bridgehead atoms. The Balaban J connectivity index is 1.67. The molecular weight excluding hydrogens is 240 g/mol. The number of carbonyl (C=O) groups excluding carboxylic acids is 1. The highest BCUT2D eigenvalue weighted by atomic mass is 16.2. The summed E-state index contributed by atoms with van der Waals surface area (Å²) in [6.07, 6.45) is 2.48. The number of rotatable bonds is 3. The predicted octanol–water partition coefficient (Wildman–Crippen LogP) is 1.68. The molecule has 19 heavy (non-hydrogen) atoms. The number of nitrogens with one attached hydrogen (secondary N) is 2. The number of hydrogen-bond acceptors (Lipinski definition) is 3. The molecule has 0 saturated carbocycles. The number of nitrogens with two attached hydrogens (primary N) is 1. The fourth-order valence-corrected chi connectivity index (χ4v) is 3.18. The number of hydrogen-bond donors (Lipinski definition) is 3. The van der Waals surface area contributed by atoms with E-state index in [1.807, 2.05) is 24.3 Å². The number of fused-ring (bicyclic) bond motifs is 2. The highest BCUT2D eigenvalue weighted by Gasteiger charge is 2.33. The molecule has 3 unspecified atom stereocenters. The third-order valence-electron chi connectivity index (χ3n) is 4.12. The molecule has 0 aliphatic carbocycles. The highest BCUT2D eigenvalue weighted by molar-refractivity contribution is 5.88. The molecule has 2 aliphatic heterocycles. The second-order valence-corrected chi connectivity index (χ2v) is 5.46. The van der Waals surface area contributed by atoms with Crippen LogP contribution in [0.3, 0.4) is 0 Å². The van der Waals surface area contributed by atoms with E-state index in [9.17, 15) is 4.79 Å². The van der Waals surface area contributed by atoms with Gasteiger partial charge in [-0.1, -0.05) is 6.07 Å². The summed E-state index contributed by atoms with van der Waals surface area (Å²) < 4.78 is 0. The third-order valence-corrected chi connectivity index (χ3v) is 4.12. The van der Waals surface area contributed by atoms with Crippen LogP contribution in [0.25, 0.3) is 0 Å². The average molecular weight is 260 g/mol. The van der Waals surface area contributed by atoms with Gasteiger partial charge < -0.3 is 21.3 Å². The van der Waals surface area contributed by atoms with Crippen molar-refractivity contribution < 1.29 is 4.79 Å². The molecule has 1 aromatic carbocycles. The van der Waals surface area contributed by atoms with E-state index >= 15 is 0 Å². The number of piperidine rings is 1. The zero-order valence-electron chi connectivity index (χ0n) is 10.9. The van der Waals surface area contributed by atoms with Gasteiger partial charge in [-0.2, -0.15) is 0 Å². The van der Waals surface area contributed by atoms with Crippen molar-refractivity contribution in [2.45, 2.75) is 18.9 Å². The molecule has 3 atom stereocenters. The summed E-state index contributed by atoms with van der Waals surface area (Å²) in [6.45, 7) is 3.65. The molecular formula is C14H20N4O. The van der Waals surface area contributed by atoms with Gasteiger partial charge in [-0.15, -0.1) is 0 Å². The van der Waals surface area contributed by atoms with Crippen molar-refractivity contribution >= 4 is 17.4 Å². The van der Waals surface area contributed by atoms with Crippen LogP contribution in [-0.2, 0) is 0 Å². The van der Waals surface area contributed by atoms with Crippen LogP contribution < -0.4 is 16.4 Å². The summed E-state index contributed by atoms with van der Waals surface area (Å²) in [4.78, 5) is 13.4. The van der Waals surface area contributed by atoms with Crippen LogP contribution in [0, 0.1) is 5.92 Å². The fourth-order valence-electron chi connectivity index (χ4n) is 3.18. The number of nitrogens with zero attached hydrogens (tertiary/aromatic N) is 1. The summed E-state index contributed by atoms with van der Waals surface area (Å²) in [6, 6.07) is 7.76. The normalized spacial score (nSPS) is 28.9. The van der Waals surface area contributed by atoms with Crippen LogP contribution in [0.5, 0.6) is 0 Å². The maximum absolute atomic E-state index is 10.9. The summed E-state index contributed by atoms with van der Waals surface area (Å²) in [7, 11) is 0. The molecule has 0 radical (unpaired) electrons. The van der Waals surface area contributed by atoms with Gasteiger partial charge in [-0.25, -0.2) is 4.79 Å². The third kappa shape index (κ3) is 2.81. The Labute approximate surface area is 113 Å². The Morgan fingerprint density at radius 2 is 2.05 bits per heavy atom. The molecule has 1 aromatic rings.